The summed E-state index contributed by atoms with van der Waals surface area (Å²) in [7, 11) is 0. The van der Waals surface area contributed by atoms with E-state index in [1.807, 2.05) is 0 Å². The standard InChI is InChI=1S/C14H27NO/c16-15(11-13-7-3-1-4-8-13)12-14-9-5-2-6-10-14/h13-14,16H,1-12H2. The lowest BCUT2D eigenvalue weighted by Crippen LogP contribution is -2.32. The smallest absolute Gasteiger partial charge is 0.0266 e. The third-order valence-corrected chi connectivity index (χ3v) is 4.39. The molecule has 2 heteroatoms. The highest BCUT2D eigenvalue weighted by molar-refractivity contribution is 4.71. The summed E-state index contributed by atoms with van der Waals surface area (Å²) < 4.78 is 0. The van der Waals surface area contributed by atoms with Crippen LogP contribution >= 0.6 is 0 Å². The van der Waals surface area contributed by atoms with Crippen molar-refractivity contribution in [2.75, 3.05) is 13.1 Å². The molecule has 0 aliphatic heterocycles. The molecule has 2 saturated carbocycles. The first-order valence-corrected chi connectivity index (χ1v) is 7.28. The number of rotatable bonds is 4. The monoisotopic (exact) mass is 225 g/mol. The molecular formula is C14H27NO. The van der Waals surface area contributed by atoms with Gasteiger partial charge in [-0.05, 0) is 37.5 Å². The van der Waals surface area contributed by atoms with Crippen molar-refractivity contribution < 1.29 is 5.21 Å². The Balaban J connectivity index is 1.64. The lowest BCUT2D eigenvalue weighted by atomic mass is 9.87. The van der Waals surface area contributed by atoms with Gasteiger partial charge in [0.05, 0.1) is 0 Å². The minimum absolute atomic E-state index is 0.766. The average Bonchev–Trinajstić information content (AvgIpc) is 2.31. The molecule has 0 aromatic carbocycles. The second kappa shape index (κ2) is 6.61. The van der Waals surface area contributed by atoms with Crippen LogP contribution in [0.4, 0.5) is 0 Å². The molecule has 0 aromatic heterocycles. The van der Waals surface area contributed by atoms with Gasteiger partial charge in [0.1, 0.15) is 0 Å². The fraction of sp³-hybridized carbons (Fsp3) is 1.00. The Hall–Kier alpha value is -0.0800. The van der Waals surface area contributed by atoms with E-state index in [2.05, 4.69) is 0 Å². The van der Waals surface area contributed by atoms with Crippen molar-refractivity contribution >= 4 is 0 Å². The average molecular weight is 225 g/mol. The molecule has 0 amide bonds. The van der Waals surface area contributed by atoms with Crippen molar-refractivity contribution in [1.82, 2.24) is 5.06 Å². The molecule has 2 nitrogen and oxygen atoms in total. The molecule has 0 atom stereocenters. The van der Waals surface area contributed by atoms with Crippen LogP contribution in [0.3, 0.4) is 0 Å². The molecule has 2 rings (SSSR count). The Morgan fingerprint density at radius 1 is 0.688 bits per heavy atom. The fourth-order valence-corrected chi connectivity index (χ4v) is 3.41. The summed E-state index contributed by atoms with van der Waals surface area (Å²) in [6.07, 6.45) is 13.7. The number of hydrogen-bond acceptors (Lipinski definition) is 2. The van der Waals surface area contributed by atoms with Crippen LogP contribution in [0.1, 0.15) is 64.2 Å². The lowest BCUT2D eigenvalue weighted by molar-refractivity contribution is -0.116. The van der Waals surface area contributed by atoms with Gasteiger partial charge >= 0.3 is 0 Å². The highest BCUT2D eigenvalue weighted by Gasteiger charge is 2.20. The van der Waals surface area contributed by atoms with Crippen molar-refractivity contribution in [2.24, 2.45) is 11.8 Å². The third kappa shape index (κ3) is 4.06. The summed E-state index contributed by atoms with van der Waals surface area (Å²) >= 11 is 0. The number of hydroxylamine groups is 2. The van der Waals surface area contributed by atoms with E-state index in [1.165, 1.54) is 64.2 Å². The van der Waals surface area contributed by atoms with Crippen LogP contribution < -0.4 is 0 Å². The van der Waals surface area contributed by atoms with Crippen LogP contribution in [-0.4, -0.2) is 23.4 Å². The number of nitrogens with zero attached hydrogens (tertiary/aromatic N) is 1. The van der Waals surface area contributed by atoms with Gasteiger partial charge in [0.25, 0.3) is 0 Å². The Morgan fingerprint density at radius 2 is 1.06 bits per heavy atom. The molecule has 94 valence electrons. The van der Waals surface area contributed by atoms with Crippen LogP contribution in [0.5, 0.6) is 0 Å². The summed E-state index contributed by atoms with van der Waals surface area (Å²) in [5.41, 5.74) is 0. The normalized spacial score (nSPS) is 25.1. The predicted molar refractivity (Wildman–Crippen MR) is 66.5 cm³/mol. The van der Waals surface area contributed by atoms with Gasteiger partial charge in [0, 0.05) is 13.1 Å². The second-order valence-electron chi connectivity index (χ2n) is 5.88. The maximum atomic E-state index is 9.99. The zero-order valence-corrected chi connectivity index (χ0v) is 10.5. The van der Waals surface area contributed by atoms with Crippen molar-refractivity contribution in [3.05, 3.63) is 0 Å². The number of hydrogen-bond donors (Lipinski definition) is 1. The first kappa shape index (κ1) is 12.4. The third-order valence-electron chi connectivity index (χ3n) is 4.39. The molecule has 16 heavy (non-hydrogen) atoms. The molecule has 2 fully saturated rings. The molecule has 1 N–H and O–H groups in total. The van der Waals surface area contributed by atoms with Crippen LogP contribution in [0, 0.1) is 11.8 Å². The molecule has 0 bridgehead atoms. The summed E-state index contributed by atoms with van der Waals surface area (Å²) in [5, 5.41) is 11.6. The van der Waals surface area contributed by atoms with Gasteiger partial charge in [-0.25, -0.2) is 0 Å². The predicted octanol–water partition coefficient (Wildman–Crippen LogP) is 3.84. The second-order valence-corrected chi connectivity index (χ2v) is 5.88. The lowest BCUT2D eigenvalue weighted by Gasteiger charge is -2.29. The van der Waals surface area contributed by atoms with E-state index >= 15 is 0 Å². The minimum atomic E-state index is 0.766. The molecule has 0 aromatic rings. The molecule has 0 unspecified atom stereocenters. The van der Waals surface area contributed by atoms with E-state index < -0.39 is 0 Å². The van der Waals surface area contributed by atoms with Crippen LogP contribution in [0.15, 0.2) is 0 Å². The molecule has 0 radical (unpaired) electrons. The van der Waals surface area contributed by atoms with E-state index in [9.17, 15) is 5.21 Å². The van der Waals surface area contributed by atoms with Gasteiger partial charge in [-0.3, -0.25) is 0 Å². The highest BCUT2D eigenvalue weighted by atomic mass is 16.5. The Kier molecular flexibility index (Phi) is 5.11. The Bertz CT molecular complexity index is 163. The van der Waals surface area contributed by atoms with Gasteiger partial charge in [-0.15, -0.1) is 0 Å². The molecule has 0 heterocycles. The molecular weight excluding hydrogens is 198 g/mol. The van der Waals surface area contributed by atoms with Crippen LogP contribution in [0.2, 0.25) is 0 Å². The molecule has 0 saturated heterocycles. The maximum Gasteiger partial charge on any atom is 0.0266 e. The van der Waals surface area contributed by atoms with E-state index in [4.69, 9.17) is 0 Å². The van der Waals surface area contributed by atoms with Gasteiger partial charge < -0.3 is 5.21 Å². The topological polar surface area (TPSA) is 23.5 Å². The maximum absolute atomic E-state index is 9.99. The summed E-state index contributed by atoms with van der Waals surface area (Å²) in [4.78, 5) is 0. The van der Waals surface area contributed by atoms with E-state index in [-0.39, 0.29) is 0 Å². The highest BCUT2D eigenvalue weighted by Crippen LogP contribution is 2.27. The molecule has 2 aliphatic rings. The largest absolute Gasteiger partial charge is 0.314 e. The summed E-state index contributed by atoms with van der Waals surface area (Å²) in [6.45, 7) is 1.85. The first-order chi connectivity index (χ1) is 7.84. The zero-order valence-electron chi connectivity index (χ0n) is 10.5. The Labute approximate surface area is 100.0 Å². The summed E-state index contributed by atoms with van der Waals surface area (Å²) in [6, 6.07) is 0. The zero-order chi connectivity index (χ0) is 11.2. The molecule has 0 spiro atoms. The van der Waals surface area contributed by atoms with Crippen molar-refractivity contribution in [3.8, 4) is 0 Å². The molecule has 2 aliphatic carbocycles. The van der Waals surface area contributed by atoms with Crippen molar-refractivity contribution in [3.63, 3.8) is 0 Å². The van der Waals surface area contributed by atoms with Crippen LogP contribution in [0.25, 0.3) is 0 Å². The fourth-order valence-electron chi connectivity index (χ4n) is 3.41. The van der Waals surface area contributed by atoms with E-state index in [0.29, 0.717) is 0 Å². The van der Waals surface area contributed by atoms with Gasteiger partial charge in [-0.2, -0.15) is 5.06 Å². The van der Waals surface area contributed by atoms with Gasteiger partial charge in [-0.1, -0.05) is 38.5 Å². The van der Waals surface area contributed by atoms with Gasteiger partial charge in [0.2, 0.25) is 0 Å². The SMILES string of the molecule is ON(CC1CCCCC1)CC1CCCCC1. The van der Waals surface area contributed by atoms with Crippen LogP contribution in [-0.2, 0) is 0 Å². The van der Waals surface area contributed by atoms with E-state index in [0.717, 1.165) is 24.9 Å². The first-order valence-electron chi connectivity index (χ1n) is 7.28. The Morgan fingerprint density at radius 3 is 1.44 bits per heavy atom. The van der Waals surface area contributed by atoms with Gasteiger partial charge in [0.15, 0.2) is 0 Å². The van der Waals surface area contributed by atoms with Crippen molar-refractivity contribution in [1.29, 1.82) is 0 Å². The minimum Gasteiger partial charge on any atom is -0.314 e. The van der Waals surface area contributed by atoms with Crippen molar-refractivity contribution in [2.45, 2.75) is 64.2 Å². The van der Waals surface area contributed by atoms with E-state index in [1.54, 1.807) is 5.06 Å². The quantitative estimate of drug-likeness (QED) is 0.735. The summed E-state index contributed by atoms with van der Waals surface area (Å²) in [5.74, 6) is 1.53.